The third kappa shape index (κ3) is 7.63. The Morgan fingerprint density at radius 1 is 1.21 bits per heavy atom. The maximum Gasteiger partial charge on any atom is 0.326 e. The van der Waals surface area contributed by atoms with Crippen molar-refractivity contribution in [3.63, 3.8) is 0 Å². The highest BCUT2D eigenvalue weighted by Crippen LogP contribution is 1.99. The predicted octanol–water partition coefficient (Wildman–Crippen LogP) is 0.544. The summed E-state index contributed by atoms with van der Waals surface area (Å²) in [6.07, 6.45) is 1.09. The van der Waals surface area contributed by atoms with E-state index < -0.39 is 18.0 Å². The monoisotopic (exact) mass is 276 g/mol. The molecule has 0 aliphatic carbocycles. The molecule has 0 spiro atoms. The predicted molar refractivity (Wildman–Crippen MR) is 70.2 cm³/mol. The van der Waals surface area contributed by atoms with Crippen molar-refractivity contribution in [2.75, 3.05) is 40.5 Å². The molecule has 2 N–H and O–H groups in total. The summed E-state index contributed by atoms with van der Waals surface area (Å²) in [6, 6.07) is -1.26. The Balaban J connectivity index is 4.44. The van der Waals surface area contributed by atoms with Gasteiger partial charge < -0.3 is 24.8 Å². The number of hydrogen-bond donors (Lipinski definition) is 2. The van der Waals surface area contributed by atoms with Crippen LogP contribution in [0.15, 0.2) is 0 Å². The Morgan fingerprint density at radius 3 is 2.11 bits per heavy atom. The normalized spacial score (nSPS) is 11.9. The number of nitrogens with zero attached hydrogens (tertiary/aromatic N) is 1. The van der Waals surface area contributed by atoms with Crippen LogP contribution in [0.4, 0.5) is 4.79 Å². The van der Waals surface area contributed by atoms with Gasteiger partial charge in [0.1, 0.15) is 6.04 Å². The number of hydrogen-bond acceptors (Lipinski definition) is 4. The van der Waals surface area contributed by atoms with Crippen molar-refractivity contribution in [1.82, 2.24) is 10.2 Å². The first-order valence-electron chi connectivity index (χ1n) is 6.32. The molecule has 19 heavy (non-hydrogen) atoms. The molecular formula is C12H24N2O5. The van der Waals surface area contributed by atoms with Crippen LogP contribution in [0, 0.1) is 0 Å². The van der Waals surface area contributed by atoms with Crippen LogP contribution in [-0.2, 0) is 14.3 Å². The van der Waals surface area contributed by atoms with Crippen molar-refractivity contribution < 1.29 is 24.2 Å². The van der Waals surface area contributed by atoms with Gasteiger partial charge in [-0.15, -0.1) is 0 Å². The van der Waals surface area contributed by atoms with Gasteiger partial charge in [0.05, 0.1) is 13.2 Å². The smallest absolute Gasteiger partial charge is 0.326 e. The average Bonchev–Trinajstić information content (AvgIpc) is 2.38. The van der Waals surface area contributed by atoms with E-state index in [9.17, 15) is 9.59 Å². The number of ether oxygens (including phenoxy) is 2. The summed E-state index contributed by atoms with van der Waals surface area (Å²) in [6.45, 7) is 3.44. The minimum atomic E-state index is -1.02. The van der Waals surface area contributed by atoms with Crippen LogP contribution in [0.3, 0.4) is 0 Å². The Labute approximate surface area is 113 Å². The van der Waals surface area contributed by atoms with Crippen LogP contribution in [0.25, 0.3) is 0 Å². The summed E-state index contributed by atoms with van der Waals surface area (Å²) in [7, 11) is 3.09. The molecule has 0 aliphatic rings. The van der Waals surface area contributed by atoms with Gasteiger partial charge in [0, 0.05) is 27.3 Å². The van der Waals surface area contributed by atoms with Crippen molar-refractivity contribution in [2.45, 2.75) is 25.8 Å². The van der Waals surface area contributed by atoms with Gasteiger partial charge in [0.15, 0.2) is 0 Å². The summed E-state index contributed by atoms with van der Waals surface area (Å²) in [5.74, 6) is -1.02. The van der Waals surface area contributed by atoms with Crippen molar-refractivity contribution in [3.8, 4) is 0 Å². The van der Waals surface area contributed by atoms with Gasteiger partial charge in [-0.25, -0.2) is 9.59 Å². The molecule has 0 bridgehead atoms. The lowest BCUT2D eigenvalue weighted by molar-refractivity contribution is -0.139. The summed E-state index contributed by atoms with van der Waals surface area (Å²) in [5, 5.41) is 11.5. The summed E-state index contributed by atoms with van der Waals surface area (Å²) >= 11 is 0. The highest BCUT2D eigenvalue weighted by atomic mass is 16.5. The number of aliphatic carboxylic acids is 1. The second-order valence-corrected chi connectivity index (χ2v) is 4.10. The minimum absolute atomic E-state index is 0.392. The van der Waals surface area contributed by atoms with E-state index in [0.29, 0.717) is 39.1 Å². The number of rotatable bonds is 10. The van der Waals surface area contributed by atoms with Crippen LogP contribution in [0.5, 0.6) is 0 Å². The third-order valence-corrected chi connectivity index (χ3v) is 2.59. The molecule has 2 amide bonds. The molecule has 0 rings (SSSR count). The molecule has 1 atom stereocenters. The molecule has 7 nitrogen and oxygen atoms in total. The largest absolute Gasteiger partial charge is 0.480 e. The first-order valence-corrected chi connectivity index (χ1v) is 6.32. The van der Waals surface area contributed by atoms with E-state index >= 15 is 0 Å². The van der Waals surface area contributed by atoms with E-state index in [2.05, 4.69) is 5.32 Å². The lowest BCUT2D eigenvalue weighted by Crippen LogP contribution is -2.49. The quantitative estimate of drug-likeness (QED) is 0.608. The SMILES string of the molecule is CCCC(NC(=O)N(CCOC)CCOC)C(=O)O. The summed E-state index contributed by atoms with van der Waals surface area (Å²) in [5.41, 5.74) is 0. The van der Waals surface area contributed by atoms with Crippen LogP contribution in [-0.4, -0.2) is 68.6 Å². The molecule has 0 saturated heterocycles. The van der Waals surface area contributed by atoms with E-state index in [1.54, 1.807) is 14.2 Å². The average molecular weight is 276 g/mol. The topological polar surface area (TPSA) is 88.1 Å². The summed E-state index contributed by atoms with van der Waals surface area (Å²) < 4.78 is 9.85. The second kappa shape index (κ2) is 10.6. The van der Waals surface area contributed by atoms with Crippen LogP contribution in [0.2, 0.25) is 0 Å². The van der Waals surface area contributed by atoms with Crippen molar-refractivity contribution in [2.24, 2.45) is 0 Å². The van der Waals surface area contributed by atoms with E-state index in [4.69, 9.17) is 14.6 Å². The molecule has 0 aliphatic heterocycles. The lowest BCUT2D eigenvalue weighted by Gasteiger charge is -2.24. The van der Waals surface area contributed by atoms with E-state index in [0.717, 1.165) is 0 Å². The lowest BCUT2D eigenvalue weighted by atomic mass is 10.2. The molecule has 0 heterocycles. The van der Waals surface area contributed by atoms with Gasteiger partial charge in [-0.2, -0.15) is 0 Å². The molecular weight excluding hydrogens is 252 g/mol. The van der Waals surface area contributed by atoms with E-state index in [1.165, 1.54) is 4.90 Å². The van der Waals surface area contributed by atoms with E-state index in [-0.39, 0.29) is 0 Å². The zero-order valence-electron chi connectivity index (χ0n) is 11.8. The Kier molecular flexibility index (Phi) is 9.82. The fourth-order valence-electron chi connectivity index (χ4n) is 1.50. The second-order valence-electron chi connectivity index (χ2n) is 4.10. The van der Waals surface area contributed by atoms with E-state index in [1.807, 2.05) is 6.92 Å². The number of carbonyl (C=O) groups is 2. The fraction of sp³-hybridized carbons (Fsp3) is 0.833. The summed E-state index contributed by atoms with van der Waals surface area (Å²) in [4.78, 5) is 24.5. The fourth-order valence-corrected chi connectivity index (χ4v) is 1.50. The number of amides is 2. The molecule has 0 aromatic rings. The number of carbonyl (C=O) groups excluding carboxylic acids is 1. The molecule has 7 heteroatoms. The maximum atomic E-state index is 12.0. The van der Waals surface area contributed by atoms with Crippen molar-refractivity contribution >= 4 is 12.0 Å². The zero-order chi connectivity index (χ0) is 14.7. The number of urea groups is 1. The van der Waals surface area contributed by atoms with Gasteiger partial charge in [-0.1, -0.05) is 13.3 Å². The zero-order valence-corrected chi connectivity index (χ0v) is 11.8. The number of carboxylic acids is 1. The molecule has 0 aromatic heterocycles. The van der Waals surface area contributed by atoms with Gasteiger partial charge in [0.25, 0.3) is 0 Å². The first kappa shape index (κ1) is 17.7. The first-order chi connectivity index (χ1) is 9.06. The van der Waals surface area contributed by atoms with Crippen LogP contribution < -0.4 is 5.32 Å². The maximum absolute atomic E-state index is 12.0. The third-order valence-electron chi connectivity index (χ3n) is 2.59. The molecule has 0 saturated carbocycles. The van der Waals surface area contributed by atoms with Gasteiger partial charge in [-0.05, 0) is 6.42 Å². The Morgan fingerprint density at radius 2 is 1.74 bits per heavy atom. The van der Waals surface area contributed by atoms with Crippen LogP contribution >= 0.6 is 0 Å². The number of carboxylic acid groups (broad SMARTS) is 1. The minimum Gasteiger partial charge on any atom is -0.480 e. The van der Waals surface area contributed by atoms with Gasteiger partial charge in [-0.3, -0.25) is 0 Å². The molecule has 0 fully saturated rings. The Hall–Kier alpha value is -1.34. The number of methoxy groups -OCH3 is 2. The standard InChI is InChI=1S/C12H24N2O5/c1-4-5-10(11(15)16)13-12(17)14(6-8-18-2)7-9-19-3/h10H,4-9H2,1-3H3,(H,13,17)(H,15,16). The molecule has 112 valence electrons. The molecule has 0 radical (unpaired) electrons. The highest BCUT2D eigenvalue weighted by Gasteiger charge is 2.22. The molecule has 1 unspecified atom stereocenters. The Bertz CT molecular complexity index is 265. The number of nitrogens with one attached hydrogen (secondary N) is 1. The molecule has 0 aromatic carbocycles. The van der Waals surface area contributed by atoms with Crippen molar-refractivity contribution in [1.29, 1.82) is 0 Å². The van der Waals surface area contributed by atoms with Gasteiger partial charge >= 0.3 is 12.0 Å². The highest BCUT2D eigenvalue weighted by molar-refractivity contribution is 5.82. The van der Waals surface area contributed by atoms with Gasteiger partial charge in [0.2, 0.25) is 0 Å². The van der Waals surface area contributed by atoms with Crippen LogP contribution in [0.1, 0.15) is 19.8 Å². The van der Waals surface area contributed by atoms with Crippen molar-refractivity contribution in [3.05, 3.63) is 0 Å².